The van der Waals surface area contributed by atoms with Crippen LogP contribution in [0.5, 0.6) is 0 Å². The molecule has 1 aromatic carbocycles. The minimum absolute atomic E-state index is 0.132. The number of para-hydroxylation sites is 1. The lowest BCUT2D eigenvalue weighted by Crippen LogP contribution is -2.16. The average Bonchev–Trinajstić information content (AvgIpc) is 2.83. The normalized spacial score (nSPS) is 20.2. The third-order valence-corrected chi connectivity index (χ3v) is 5.58. The molecule has 1 aliphatic heterocycles. The highest BCUT2D eigenvalue weighted by Crippen LogP contribution is 2.25. The van der Waals surface area contributed by atoms with Crippen molar-refractivity contribution in [2.24, 2.45) is 5.92 Å². The Morgan fingerprint density at radius 3 is 2.90 bits per heavy atom. The number of pyridine rings is 1. The second-order valence-corrected chi connectivity index (χ2v) is 7.56. The fraction of sp³-hybridized carbons (Fsp3) is 0.333. The summed E-state index contributed by atoms with van der Waals surface area (Å²) < 4.78 is 23.0. The summed E-state index contributed by atoms with van der Waals surface area (Å²) >= 11 is 0. The molecule has 2 heterocycles. The van der Waals surface area contributed by atoms with Crippen molar-refractivity contribution in [2.45, 2.75) is 6.42 Å². The number of anilines is 1. The molecule has 2 aromatic rings. The number of sulfone groups is 1. The number of rotatable bonds is 3. The van der Waals surface area contributed by atoms with Crippen molar-refractivity contribution in [2.75, 3.05) is 23.4 Å². The number of hydrogen-bond acceptors (Lipinski definition) is 5. The standard InChI is InChI=1S/C15H15N3O2S/c16-8-12-7-15(13-3-1-2-4-14(13)18-12)17-9-11-5-6-21(19,20)10-11/h1-4,7,11H,5-6,9-10H2,(H,17,18). The summed E-state index contributed by atoms with van der Waals surface area (Å²) in [5, 5.41) is 13.3. The van der Waals surface area contributed by atoms with Gasteiger partial charge in [0.25, 0.3) is 0 Å². The largest absolute Gasteiger partial charge is 0.384 e. The first kappa shape index (κ1) is 13.8. The van der Waals surface area contributed by atoms with E-state index in [4.69, 9.17) is 5.26 Å². The first-order valence-corrected chi connectivity index (χ1v) is 8.64. The van der Waals surface area contributed by atoms with Crippen LogP contribution in [0.3, 0.4) is 0 Å². The molecule has 3 rings (SSSR count). The molecule has 1 aliphatic rings. The van der Waals surface area contributed by atoms with E-state index in [1.54, 1.807) is 6.07 Å². The van der Waals surface area contributed by atoms with Crippen LogP contribution in [-0.4, -0.2) is 31.5 Å². The van der Waals surface area contributed by atoms with Gasteiger partial charge in [-0.2, -0.15) is 5.26 Å². The average molecular weight is 301 g/mol. The highest BCUT2D eigenvalue weighted by molar-refractivity contribution is 7.91. The number of fused-ring (bicyclic) bond motifs is 1. The van der Waals surface area contributed by atoms with E-state index < -0.39 is 9.84 Å². The maximum Gasteiger partial charge on any atom is 0.150 e. The maximum atomic E-state index is 11.5. The molecule has 1 fully saturated rings. The molecule has 5 nitrogen and oxygen atoms in total. The number of benzene rings is 1. The van der Waals surface area contributed by atoms with Gasteiger partial charge in [0.2, 0.25) is 0 Å². The van der Waals surface area contributed by atoms with Crippen molar-refractivity contribution in [3.63, 3.8) is 0 Å². The smallest absolute Gasteiger partial charge is 0.150 e. The van der Waals surface area contributed by atoms with E-state index >= 15 is 0 Å². The van der Waals surface area contributed by atoms with Gasteiger partial charge in [-0.25, -0.2) is 13.4 Å². The summed E-state index contributed by atoms with van der Waals surface area (Å²) in [5.74, 6) is 0.654. The number of hydrogen-bond donors (Lipinski definition) is 1. The van der Waals surface area contributed by atoms with Gasteiger partial charge in [-0.05, 0) is 24.5 Å². The van der Waals surface area contributed by atoms with Crippen LogP contribution < -0.4 is 5.32 Å². The van der Waals surface area contributed by atoms with Gasteiger partial charge in [0, 0.05) is 17.6 Å². The first-order valence-electron chi connectivity index (χ1n) is 6.81. The molecular formula is C15H15N3O2S. The minimum Gasteiger partial charge on any atom is -0.384 e. The van der Waals surface area contributed by atoms with E-state index in [1.165, 1.54) is 0 Å². The van der Waals surface area contributed by atoms with Crippen LogP contribution in [0.15, 0.2) is 30.3 Å². The van der Waals surface area contributed by atoms with Gasteiger partial charge in [0.15, 0.2) is 9.84 Å². The lowest BCUT2D eigenvalue weighted by atomic mass is 10.1. The summed E-state index contributed by atoms with van der Waals surface area (Å²) in [6.45, 7) is 0.595. The van der Waals surface area contributed by atoms with E-state index in [9.17, 15) is 8.42 Å². The molecule has 0 bridgehead atoms. The van der Waals surface area contributed by atoms with Crippen LogP contribution in [-0.2, 0) is 9.84 Å². The van der Waals surface area contributed by atoms with Gasteiger partial charge in [0.1, 0.15) is 11.8 Å². The lowest BCUT2D eigenvalue weighted by molar-refractivity contribution is 0.596. The van der Waals surface area contributed by atoms with Crippen LogP contribution in [0.1, 0.15) is 12.1 Å². The Balaban J connectivity index is 1.85. The van der Waals surface area contributed by atoms with E-state index in [-0.39, 0.29) is 17.4 Å². The molecular weight excluding hydrogens is 286 g/mol. The number of nitriles is 1. The number of aromatic nitrogens is 1. The Kier molecular flexibility index (Phi) is 3.52. The van der Waals surface area contributed by atoms with Crippen molar-refractivity contribution in [1.82, 2.24) is 4.98 Å². The Hall–Kier alpha value is -2.13. The molecule has 0 aliphatic carbocycles. The van der Waals surface area contributed by atoms with Gasteiger partial charge in [-0.3, -0.25) is 0 Å². The highest BCUT2D eigenvalue weighted by atomic mass is 32.2. The van der Waals surface area contributed by atoms with E-state index in [2.05, 4.69) is 16.4 Å². The summed E-state index contributed by atoms with van der Waals surface area (Å²) in [6, 6.07) is 11.4. The molecule has 6 heteroatoms. The third kappa shape index (κ3) is 2.98. The molecule has 1 aromatic heterocycles. The molecule has 1 atom stereocenters. The molecule has 0 amide bonds. The highest BCUT2D eigenvalue weighted by Gasteiger charge is 2.27. The fourth-order valence-corrected chi connectivity index (χ4v) is 4.53. The second-order valence-electron chi connectivity index (χ2n) is 5.33. The second kappa shape index (κ2) is 5.34. The summed E-state index contributed by atoms with van der Waals surface area (Å²) in [7, 11) is -2.86. The topological polar surface area (TPSA) is 82.9 Å². The fourth-order valence-electron chi connectivity index (χ4n) is 2.67. The van der Waals surface area contributed by atoms with Crippen LogP contribution in [0, 0.1) is 17.2 Å². The molecule has 21 heavy (non-hydrogen) atoms. The van der Waals surface area contributed by atoms with Gasteiger partial charge in [0.05, 0.1) is 17.0 Å². The summed E-state index contributed by atoms with van der Waals surface area (Å²) in [5.41, 5.74) is 1.95. The first-order chi connectivity index (χ1) is 10.1. The molecule has 0 radical (unpaired) electrons. The maximum absolute atomic E-state index is 11.5. The van der Waals surface area contributed by atoms with Gasteiger partial charge < -0.3 is 5.32 Å². The van der Waals surface area contributed by atoms with Crippen molar-refractivity contribution in [1.29, 1.82) is 5.26 Å². The van der Waals surface area contributed by atoms with Crippen molar-refractivity contribution in [3.8, 4) is 6.07 Å². The van der Waals surface area contributed by atoms with Crippen LogP contribution in [0.4, 0.5) is 5.69 Å². The lowest BCUT2D eigenvalue weighted by Gasteiger charge is -2.13. The Bertz CT molecular complexity index is 824. The van der Waals surface area contributed by atoms with Crippen molar-refractivity contribution < 1.29 is 8.42 Å². The molecule has 0 saturated carbocycles. The van der Waals surface area contributed by atoms with Crippen molar-refractivity contribution in [3.05, 3.63) is 36.0 Å². The zero-order valence-corrected chi connectivity index (χ0v) is 12.2. The van der Waals surface area contributed by atoms with Gasteiger partial charge in [-0.15, -0.1) is 0 Å². The Labute approximate surface area is 123 Å². The van der Waals surface area contributed by atoms with E-state index in [1.807, 2.05) is 24.3 Å². The summed E-state index contributed by atoms with van der Waals surface area (Å²) in [4.78, 5) is 4.26. The quantitative estimate of drug-likeness (QED) is 0.937. The summed E-state index contributed by atoms with van der Waals surface area (Å²) in [6.07, 6.45) is 0.698. The number of nitrogens with one attached hydrogen (secondary N) is 1. The third-order valence-electron chi connectivity index (χ3n) is 3.74. The molecule has 1 unspecified atom stereocenters. The SMILES string of the molecule is N#Cc1cc(NCC2CCS(=O)(=O)C2)c2ccccc2n1. The zero-order valence-electron chi connectivity index (χ0n) is 11.4. The molecule has 0 spiro atoms. The van der Waals surface area contributed by atoms with Crippen LogP contribution in [0.25, 0.3) is 10.9 Å². The number of nitrogens with zero attached hydrogens (tertiary/aromatic N) is 2. The zero-order chi connectivity index (χ0) is 14.9. The Morgan fingerprint density at radius 2 is 2.19 bits per heavy atom. The molecule has 1 saturated heterocycles. The predicted molar refractivity (Wildman–Crippen MR) is 81.7 cm³/mol. The van der Waals surface area contributed by atoms with E-state index in [0.717, 1.165) is 16.6 Å². The van der Waals surface area contributed by atoms with Crippen LogP contribution in [0.2, 0.25) is 0 Å². The molecule has 1 N–H and O–H groups in total. The van der Waals surface area contributed by atoms with Crippen molar-refractivity contribution >= 4 is 26.4 Å². The van der Waals surface area contributed by atoms with Gasteiger partial charge >= 0.3 is 0 Å². The Morgan fingerprint density at radius 1 is 1.38 bits per heavy atom. The monoisotopic (exact) mass is 301 g/mol. The van der Waals surface area contributed by atoms with E-state index in [0.29, 0.717) is 18.7 Å². The predicted octanol–water partition coefficient (Wildman–Crippen LogP) is 1.95. The van der Waals surface area contributed by atoms with Crippen LogP contribution >= 0.6 is 0 Å². The minimum atomic E-state index is -2.86. The van der Waals surface area contributed by atoms with Gasteiger partial charge in [-0.1, -0.05) is 18.2 Å². The molecule has 108 valence electrons.